The molecule has 0 amide bonds. The minimum absolute atomic E-state index is 0.497. The lowest BCUT2D eigenvalue weighted by Crippen LogP contribution is -2.06. The number of hydrogen-bond donors (Lipinski definition) is 1. The van der Waals surface area contributed by atoms with Crippen LogP contribution in [0.15, 0.2) is 36.4 Å². The van der Waals surface area contributed by atoms with Crippen molar-refractivity contribution in [3.05, 3.63) is 47.0 Å². The minimum Gasteiger partial charge on any atom is -0.481 e. The monoisotopic (exact) mass is 234 g/mol. The first-order valence-corrected chi connectivity index (χ1v) is 5.38. The number of halogens is 1. The van der Waals surface area contributed by atoms with Gasteiger partial charge in [-0.25, -0.2) is 0 Å². The van der Waals surface area contributed by atoms with E-state index in [9.17, 15) is 4.79 Å². The first-order chi connectivity index (χ1) is 7.59. The third-order valence-corrected chi connectivity index (χ3v) is 3.05. The van der Waals surface area contributed by atoms with E-state index in [1.165, 1.54) is 0 Å². The van der Waals surface area contributed by atoms with E-state index in [0.29, 0.717) is 5.02 Å². The van der Waals surface area contributed by atoms with Gasteiger partial charge in [0.1, 0.15) is 0 Å². The molecular weight excluding hydrogens is 224 g/mol. The van der Waals surface area contributed by atoms with Crippen LogP contribution in [-0.4, -0.2) is 11.1 Å². The van der Waals surface area contributed by atoms with Crippen molar-refractivity contribution >= 4 is 28.3 Å². The van der Waals surface area contributed by atoms with Crippen LogP contribution in [0.2, 0.25) is 5.02 Å². The van der Waals surface area contributed by atoms with Crippen LogP contribution in [-0.2, 0) is 4.79 Å². The summed E-state index contributed by atoms with van der Waals surface area (Å²) in [5, 5.41) is 11.5. The van der Waals surface area contributed by atoms with Crippen LogP contribution in [0.1, 0.15) is 18.4 Å². The van der Waals surface area contributed by atoms with Crippen molar-refractivity contribution < 1.29 is 9.90 Å². The summed E-state index contributed by atoms with van der Waals surface area (Å²) in [6, 6.07) is 11.2. The highest BCUT2D eigenvalue weighted by Crippen LogP contribution is 2.26. The van der Waals surface area contributed by atoms with Crippen molar-refractivity contribution in [1.82, 2.24) is 0 Å². The standard InChI is InChI=1S/C13H11ClO2/c1-8(13(15)16)9-5-6-11-10(7-9)3-2-4-12(11)14/h2-8H,1H3,(H,15,16). The Hall–Kier alpha value is -1.54. The zero-order valence-electron chi connectivity index (χ0n) is 8.77. The van der Waals surface area contributed by atoms with Crippen LogP contribution in [0.5, 0.6) is 0 Å². The first-order valence-electron chi connectivity index (χ1n) is 5.00. The highest BCUT2D eigenvalue weighted by atomic mass is 35.5. The Morgan fingerprint density at radius 2 is 2.06 bits per heavy atom. The molecule has 3 heteroatoms. The van der Waals surface area contributed by atoms with Crippen LogP contribution < -0.4 is 0 Å². The summed E-state index contributed by atoms with van der Waals surface area (Å²) >= 11 is 6.04. The SMILES string of the molecule is CC(C(=O)O)c1ccc2c(Cl)cccc2c1. The van der Waals surface area contributed by atoms with Gasteiger partial charge in [-0.15, -0.1) is 0 Å². The molecule has 1 N–H and O–H groups in total. The molecular formula is C13H11ClO2. The maximum absolute atomic E-state index is 10.9. The Morgan fingerprint density at radius 1 is 1.31 bits per heavy atom. The van der Waals surface area contributed by atoms with Gasteiger partial charge in [0, 0.05) is 10.4 Å². The Kier molecular flexibility index (Phi) is 2.84. The van der Waals surface area contributed by atoms with Crippen molar-refractivity contribution in [2.75, 3.05) is 0 Å². The summed E-state index contributed by atoms with van der Waals surface area (Å²) in [5.74, 6) is -1.32. The Bertz CT molecular complexity index is 549. The lowest BCUT2D eigenvalue weighted by molar-refractivity contribution is -0.138. The van der Waals surface area contributed by atoms with Crippen LogP contribution in [0.25, 0.3) is 10.8 Å². The molecule has 0 aliphatic carbocycles. The van der Waals surface area contributed by atoms with Crippen molar-refractivity contribution in [2.24, 2.45) is 0 Å². The van der Waals surface area contributed by atoms with Crippen LogP contribution in [0.3, 0.4) is 0 Å². The molecule has 0 bridgehead atoms. The largest absolute Gasteiger partial charge is 0.481 e. The van der Waals surface area contributed by atoms with Gasteiger partial charge in [0.25, 0.3) is 0 Å². The van der Waals surface area contributed by atoms with Crippen molar-refractivity contribution in [3.8, 4) is 0 Å². The fraction of sp³-hybridized carbons (Fsp3) is 0.154. The number of carbonyl (C=O) groups is 1. The number of hydrogen-bond acceptors (Lipinski definition) is 1. The lowest BCUT2D eigenvalue weighted by atomic mass is 9.98. The van der Waals surface area contributed by atoms with Gasteiger partial charge >= 0.3 is 5.97 Å². The topological polar surface area (TPSA) is 37.3 Å². The molecule has 2 aromatic carbocycles. The van der Waals surface area contributed by atoms with Gasteiger partial charge in [-0.2, -0.15) is 0 Å². The average molecular weight is 235 g/mol. The molecule has 0 aromatic heterocycles. The number of carboxylic acids is 1. The highest BCUT2D eigenvalue weighted by molar-refractivity contribution is 6.35. The predicted octanol–water partition coefficient (Wildman–Crippen LogP) is 3.68. The molecule has 1 unspecified atom stereocenters. The van der Waals surface area contributed by atoms with Crippen LogP contribution in [0, 0.1) is 0 Å². The van der Waals surface area contributed by atoms with E-state index in [2.05, 4.69) is 0 Å². The van der Waals surface area contributed by atoms with E-state index < -0.39 is 11.9 Å². The van der Waals surface area contributed by atoms with E-state index in [-0.39, 0.29) is 0 Å². The summed E-state index contributed by atoms with van der Waals surface area (Å²) in [7, 11) is 0. The van der Waals surface area contributed by atoms with Crippen molar-refractivity contribution in [1.29, 1.82) is 0 Å². The van der Waals surface area contributed by atoms with E-state index >= 15 is 0 Å². The Balaban J connectivity index is 2.57. The number of benzene rings is 2. The second-order valence-corrected chi connectivity index (χ2v) is 4.19. The molecule has 1 atom stereocenters. The third-order valence-electron chi connectivity index (χ3n) is 2.72. The molecule has 0 aliphatic rings. The molecule has 0 saturated carbocycles. The zero-order valence-corrected chi connectivity index (χ0v) is 9.53. The van der Waals surface area contributed by atoms with E-state index in [0.717, 1.165) is 16.3 Å². The minimum atomic E-state index is -0.818. The van der Waals surface area contributed by atoms with Crippen LogP contribution in [0.4, 0.5) is 0 Å². The maximum Gasteiger partial charge on any atom is 0.310 e. The lowest BCUT2D eigenvalue weighted by Gasteiger charge is -2.08. The molecule has 2 nitrogen and oxygen atoms in total. The fourth-order valence-electron chi connectivity index (χ4n) is 1.67. The molecule has 0 radical (unpaired) electrons. The predicted molar refractivity (Wildman–Crippen MR) is 65.0 cm³/mol. The quantitative estimate of drug-likeness (QED) is 0.861. The van der Waals surface area contributed by atoms with Crippen molar-refractivity contribution in [3.63, 3.8) is 0 Å². The maximum atomic E-state index is 10.9. The molecule has 0 saturated heterocycles. The van der Waals surface area contributed by atoms with Gasteiger partial charge in [-0.1, -0.05) is 41.9 Å². The Labute approximate surface area is 98.5 Å². The molecule has 0 spiro atoms. The van der Waals surface area contributed by atoms with E-state index in [1.807, 2.05) is 36.4 Å². The summed E-state index contributed by atoms with van der Waals surface area (Å²) < 4.78 is 0. The molecule has 2 aromatic rings. The molecule has 16 heavy (non-hydrogen) atoms. The summed E-state index contributed by atoms with van der Waals surface area (Å²) in [5.41, 5.74) is 0.794. The van der Waals surface area contributed by atoms with Gasteiger partial charge in [0.05, 0.1) is 5.92 Å². The Morgan fingerprint density at radius 3 is 2.75 bits per heavy atom. The smallest absolute Gasteiger partial charge is 0.310 e. The second-order valence-electron chi connectivity index (χ2n) is 3.78. The number of aliphatic carboxylic acids is 1. The first kappa shape index (κ1) is 11.0. The van der Waals surface area contributed by atoms with E-state index in [1.54, 1.807) is 6.92 Å². The van der Waals surface area contributed by atoms with Gasteiger partial charge < -0.3 is 5.11 Å². The third kappa shape index (κ3) is 1.89. The number of fused-ring (bicyclic) bond motifs is 1. The zero-order chi connectivity index (χ0) is 11.7. The molecule has 2 rings (SSSR count). The fourth-order valence-corrected chi connectivity index (χ4v) is 1.92. The summed E-state index contributed by atoms with van der Waals surface area (Å²) in [6.45, 7) is 1.67. The van der Waals surface area contributed by atoms with Gasteiger partial charge in [0.15, 0.2) is 0 Å². The molecule has 0 fully saturated rings. The number of carboxylic acid groups (broad SMARTS) is 1. The molecule has 0 heterocycles. The van der Waals surface area contributed by atoms with Gasteiger partial charge in [0.2, 0.25) is 0 Å². The average Bonchev–Trinajstić information content (AvgIpc) is 2.28. The van der Waals surface area contributed by atoms with E-state index in [4.69, 9.17) is 16.7 Å². The normalized spacial score (nSPS) is 12.6. The summed E-state index contributed by atoms with van der Waals surface area (Å²) in [6.07, 6.45) is 0. The molecule has 82 valence electrons. The second kappa shape index (κ2) is 4.14. The number of rotatable bonds is 2. The molecule has 0 aliphatic heterocycles. The van der Waals surface area contributed by atoms with Crippen molar-refractivity contribution in [2.45, 2.75) is 12.8 Å². The summed E-state index contributed by atoms with van der Waals surface area (Å²) in [4.78, 5) is 10.9. The highest BCUT2D eigenvalue weighted by Gasteiger charge is 2.13. The van der Waals surface area contributed by atoms with Crippen LogP contribution >= 0.6 is 11.6 Å². The van der Waals surface area contributed by atoms with Gasteiger partial charge in [-0.05, 0) is 23.9 Å². The van der Waals surface area contributed by atoms with Gasteiger partial charge in [-0.3, -0.25) is 4.79 Å².